The molecule has 0 unspecified atom stereocenters. The first-order valence-corrected chi connectivity index (χ1v) is 8.19. The fraction of sp³-hybridized carbons (Fsp3) is 0.647. The van der Waals surface area contributed by atoms with Gasteiger partial charge in [0.2, 0.25) is 0 Å². The molecule has 0 aromatic heterocycles. The van der Waals surface area contributed by atoms with Crippen molar-refractivity contribution in [3.8, 4) is 0 Å². The van der Waals surface area contributed by atoms with E-state index in [9.17, 15) is 0 Å². The molecule has 0 radical (unpaired) electrons. The summed E-state index contributed by atoms with van der Waals surface area (Å²) in [6.45, 7) is 7.26. The molecule has 2 nitrogen and oxygen atoms in total. The van der Waals surface area contributed by atoms with E-state index in [0.29, 0.717) is 12.5 Å². The van der Waals surface area contributed by atoms with Crippen LogP contribution in [0.2, 0.25) is 5.02 Å². The standard InChI is InChI=1S/C17H27ClN2/c1-13(2)11-20(16-5-3-4-6-16)12-15-8-7-14(10-19)9-17(15)18/h7-9,13,16H,3-6,10-12,19H2,1-2H3. The van der Waals surface area contributed by atoms with Crippen LogP contribution in [-0.2, 0) is 13.1 Å². The highest BCUT2D eigenvalue weighted by Gasteiger charge is 2.23. The van der Waals surface area contributed by atoms with Crippen LogP contribution in [0.3, 0.4) is 0 Å². The molecule has 0 spiro atoms. The first kappa shape index (κ1) is 15.8. The van der Waals surface area contributed by atoms with Gasteiger partial charge in [-0.25, -0.2) is 0 Å². The van der Waals surface area contributed by atoms with E-state index in [1.54, 1.807) is 0 Å². The van der Waals surface area contributed by atoms with Crippen LogP contribution in [0.25, 0.3) is 0 Å². The Morgan fingerprint density at radius 1 is 1.30 bits per heavy atom. The van der Waals surface area contributed by atoms with E-state index in [-0.39, 0.29) is 0 Å². The summed E-state index contributed by atoms with van der Waals surface area (Å²) in [6.07, 6.45) is 5.43. The molecular weight excluding hydrogens is 268 g/mol. The van der Waals surface area contributed by atoms with Gasteiger partial charge in [-0.05, 0) is 36.0 Å². The molecule has 20 heavy (non-hydrogen) atoms. The minimum absolute atomic E-state index is 0.554. The molecule has 1 saturated carbocycles. The molecule has 0 bridgehead atoms. The summed E-state index contributed by atoms with van der Waals surface area (Å²) in [7, 11) is 0. The van der Waals surface area contributed by atoms with Crippen LogP contribution in [0.15, 0.2) is 18.2 Å². The van der Waals surface area contributed by atoms with Gasteiger partial charge in [-0.15, -0.1) is 0 Å². The van der Waals surface area contributed by atoms with Gasteiger partial charge in [0.15, 0.2) is 0 Å². The molecule has 0 amide bonds. The molecule has 0 atom stereocenters. The molecule has 0 saturated heterocycles. The lowest BCUT2D eigenvalue weighted by Crippen LogP contribution is -2.35. The molecule has 1 aromatic carbocycles. The van der Waals surface area contributed by atoms with Crippen LogP contribution in [0, 0.1) is 5.92 Å². The molecule has 1 aromatic rings. The molecular formula is C17H27ClN2. The van der Waals surface area contributed by atoms with Gasteiger partial charge in [-0.1, -0.05) is 50.4 Å². The second-order valence-electron chi connectivity index (χ2n) is 6.39. The lowest BCUT2D eigenvalue weighted by Gasteiger charge is -2.30. The van der Waals surface area contributed by atoms with E-state index in [4.69, 9.17) is 17.3 Å². The quantitative estimate of drug-likeness (QED) is 0.852. The molecule has 0 aliphatic heterocycles. The zero-order chi connectivity index (χ0) is 14.5. The summed E-state index contributed by atoms with van der Waals surface area (Å²) in [5.74, 6) is 0.692. The van der Waals surface area contributed by atoms with Crippen molar-refractivity contribution in [1.29, 1.82) is 0 Å². The highest BCUT2D eigenvalue weighted by molar-refractivity contribution is 6.31. The summed E-state index contributed by atoms with van der Waals surface area (Å²) in [5.41, 5.74) is 8.01. The number of halogens is 1. The largest absolute Gasteiger partial charge is 0.326 e. The first-order valence-electron chi connectivity index (χ1n) is 7.81. The van der Waals surface area contributed by atoms with Gasteiger partial charge in [-0.3, -0.25) is 4.90 Å². The molecule has 1 fully saturated rings. The van der Waals surface area contributed by atoms with Crippen LogP contribution in [0.4, 0.5) is 0 Å². The smallest absolute Gasteiger partial charge is 0.0454 e. The summed E-state index contributed by atoms with van der Waals surface area (Å²) >= 11 is 6.41. The number of rotatable bonds is 6. The monoisotopic (exact) mass is 294 g/mol. The van der Waals surface area contributed by atoms with Crippen molar-refractivity contribution in [1.82, 2.24) is 4.90 Å². The Kier molecular flexibility index (Phi) is 5.88. The van der Waals surface area contributed by atoms with E-state index < -0.39 is 0 Å². The van der Waals surface area contributed by atoms with Crippen molar-refractivity contribution in [3.05, 3.63) is 34.3 Å². The Balaban J connectivity index is 2.10. The lowest BCUT2D eigenvalue weighted by molar-refractivity contribution is 0.168. The van der Waals surface area contributed by atoms with Crippen molar-refractivity contribution in [2.24, 2.45) is 11.7 Å². The van der Waals surface area contributed by atoms with Gasteiger partial charge in [0.25, 0.3) is 0 Å². The van der Waals surface area contributed by atoms with Crippen LogP contribution < -0.4 is 5.73 Å². The van der Waals surface area contributed by atoms with Crippen LogP contribution in [-0.4, -0.2) is 17.5 Å². The molecule has 2 rings (SSSR count). The number of benzene rings is 1. The van der Waals surface area contributed by atoms with Gasteiger partial charge in [0.1, 0.15) is 0 Å². The Morgan fingerprint density at radius 3 is 2.55 bits per heavy atom. The van der Waals surface area contributed by atoms with Gasteiger partial charge in [0, 0.05) is 30.7 Å². The Labute approximate surface area is 128 Å². The average Bonchev–Trinajstić information content (AvgIpc) is 2.93. The minimum atomic E-state index is 0.554. The summed E-state index contributed by atoms with van der Waals surface area (Å²) in [4.78, 5) is 2.63. The maximum atomic E-state index is 6.41. The minimum Gasteiger partial charge on any atom is -0.326 e. The number of hydrogen-bond acceptors (Lipinski definition) is 2. The summed E-state index contributed by atoms with van der Waals surface area (Å²) in [6, 6.07) is 7.00. The zero-order valence-electron chi connectivity index (χ0n) is 12.7. The van der Waals surface area contributed by atoms with Gasteiger partial charge < -0.3 is 5.73 Å². The Hall–Kier alpha value is -0.570. The molecule has 1 aliphatic rings. The topological polar surface area (TPSA) is 29.3 Å². The SMILES string of the molecule is CC(C)CN(Cc1ccc(CN)cc1Cl)C1CCCC1. The third-order valence-electron chi connectivity index (χ3n) is 4.17. The third-order valence-corrected chi connectivity index (χ3v) is 4.52. The van der Waals surface area contributed by atoms with Crippen LogP contribution >= 0.6 is 11.6 Å². The van der Waals surface area contributed by atoms with E-state index >= 15 is 0 Å². The predicted octanol–water partition coefficient (Wildman–Crippen LogP) is 4.20. The van der Waals surface area contributed by atoms with Crippen molar-refractivity contribution in [2.75, 3.05) is 6.54 Å². The first-order chi connectivity index (χ1) is 9.60. The van der Waals surface area contributed by atoms with E-state index in [1.165, 1.54) is 31.2 Å². The average molecular weight is 295 g/mol. The van der Waals surface area contributed by atoms with Crippen molar-refractivity contribution in [2.45, 2.75) is 58.7 Å². The Morgan fingerprint density at radius 2 is 2.00 bits per heavy atom. The summed E-state index contributed by atoms with van der Waals surface area (Å²) in [5, 5.41) is 0.861. The maximum Gasteiger partial charge on any atom is 0.0454 e. The van der Waals surface area contributed by atoms with Gasteiger partial charge >= 0.3 is 0 Å². The van der Waals surface area contributed by atoms with E-state index in [0.717, 1.165) is 29.7 Å². The fourth-order valence-corrected chi connectivity index (χ4v) is 3.41. The van der Waals surface area contributed by atoms with Crippen LogP contribution in [0.5, 0.6) is 0 Å². The van der Waals surface area contributed by atoms with Crippen LogP contribution in [0.1, 0.15) is 50.7 Å². The number of hydrogen-bond donors (Lipinski definition) is 1. The van der Waals surface area contributed by atoms with Crippen molar-refractivity contribution < 1.29 is 0 Å². The maximum absolute atomic E-state index is 6.41. The Bertz CT molecular complexity index is 425. The lowest BCUT2D eigenvalue weighted by atomic mass is 10.1. The molecule has 2 N–H and O–H groups in total. The van der Waals surface area contributed by atoms with Gasteiger partial charge in [0.05, 0.1) is 0 Å². The second-order valence-corrected chi connectivity index (χ2v) is 6.80. The number of nitrogens with zero attached hydrogens (tertiary/aromatic N) is 1. The van der Waals surface area contributed by atoms with E-state index in [1.807, 2.05) is 6.07 Å². The second kappa shape index (κ2) is 7.44. The predicted molar refractivity (Wildman–Crippen MR) is 86.8 cm³/mol. The summed E-state index contributed by atoms with van der Waals surface area (Å²) < 4.78 is 0. The number of nitrogens with two attached hydrogens (primary N) is 1. The van der Waals surface area contributed by atoms with E-state index in [2.05, 4.69) is 30.9 Å². The molecule has 3 heteroatoms. The third kappa shape index (κ3) is 4.21. The highest BCUT2D eigenvalue weighted by atomic mass is 35.5. The molecule has 0 heterocycles. The van der Waals surface area contributed by atoms with Crippen molar-refractivity contribution >= 4 is 11.6 Å². The fourth-order valence-electron chi connectivity index (χ4n) is 3.15. The normalized spacial score (nSPS) is 16.5. The molecule has 112 valence electrons. The van der Waals surface area contributed by atoms with Crippen molar-refractivity contribution in [3.63, 3.8) is 0 Å². The highest BCUT2D eigenvalue weighted by Crippen LogP contribution is 2.27. The van der Waals surface area contributed by atoms with Gasteiger partial charge in [-0.2, -0.15) is 0 Å². The molecule has 1 aliphatic carbocycles. The zero-order valence-corrected chi connectivity index (χ0v) is 13.5.